The third-order valence-corrected chi connectivity index (χ3v) is 3.70. The number of hydrogen-bond acceptors (Lipinski definition) is 4. The van der Waals surface area contributed by atoms with E-state index in [0.717, 1.165) is 17.9 Å². The maximum absolute atomic E-state index is 9.88. The van der Waals surface area contributed by atoms with Gasteiger partial charge >= 0.3 is 0 Å². The van der Waals surface area contributed by atoms with Gasteiger partial charge in [-0.2, -0.15) is 11.8 Å². The number of aliphatic hydroxyl groups excluding tert-OH is 1. The average Bonchev–Trinajstić information content (AvgIpc) is 2.42. The number of thioether (sulfide) groups is 1. The molecule has 0 radical (unpaired) electrons. The molecular weight excluding hydrogens is 258 g/mol. The summed E-state index contributed by atoms with van der Waals surface area (Å²) in [5.74, 6) is 1.88. The molecule has 0 saturated carbocycles. The Morgan fingerprint density at radius 2 is 2.00 bits per heavy atom. The van der Waals surface area contributed by atoms with Crippen LogP contribution in [0.1, 0.15) is 18.9 Å². The first-order valence-electron chi connectivity index (χ1n) is 6.75. The summed E-state index contributed by atoms with van der Waals surface area (Å²) in [5, 5.41) is 13.2. The second kappa shape index (κ2) is 9.23. The van der Waals surface area contributed by atoms with E-state index in [9.17, 15) is 5.11 Å². The molecule has 1 aromatic carbocycles. The van der Waals surface area contributed by atoms with Crippen LogP contribution in [0.5, 0.6) is 5.75 Å². The predicted octanol–water partition coefficient (Wildman–Crippen LogP) is 2.47. The van der Waals surface area contributed by atoms with Crippen molar-refractivity contribution in [2.75, 3.05) is 25.2 Å². The first-order chi connectivity index (χ1) is 9.15. The van der Waals surface area contributed by atoms with Crippen LogP contribution in [0.25, 0.3) is 0 Å². The number of rotatable bonds is 9. The summed E-state index contributed by atoms with van der Waals surface area (Å²) in [6, 6.07) is 8.33. The highest BCUT2D eigenvalue weighted by Gasteiger charge is 2.09. The molecule has 0 saturated heterocycles. The first kappa shape index (κ1) is 16.3. The van der Waals surface area contributed by atoms with Gasteiger partial charge in [0, 0.05) is 18.3 Å². The molecule has 4 heteroatoms. The predicted molar refractivity (Wildman–Crippen MR) is 83.1 cm³/mol. The molecule has 0 fully saturated rings. The standard InChI is InChI=1S/C15H25NO2S/c1-4-13(11-19-3)16-9-14(17)10-18-15-7-5-12(2)6-8-15/h5-8,13-14,16-17H,4,9-11H2,1-3H3. The van der Waals surface area contributed by atoms with E-state index in [1.165, 1.54) is 5.56 Å². The van der Waals surface area contributed by atoms with Crippen LogP contribution in [0, 0.1) is 6.92 Å². The molecule has 1 rings (SSSR count). The maximum atomic E-state index is 9.88. The Labute approximate surface area is 120 Å². The minimum atomic E-state index is -0.475. The molecule has 108 valence electrons. The van der Waals surface area contributed by atoms with Crippen molar-refractivity contribution in [2.45, 2.75) is 32.4 Å². The zero-order chi connectivity index (χ0) is 14.1. The van der Waals surface area contributed by atoms with E-state index in [4.69, 9.17) is 4.74 Å². The average molecular weight is 283 g/mol. The second-order valence-corrected chi connectivity index (χ2v) is 5.66. The highest BCUT2D eigenvalue weighted by Crippen LogP contribution is 2.11. The van der Waals surface area contributed by atoms with Gasteiger partial charge in [-0.05, 0) is 31.7 Å². The second-order valence-electron chi connectivity index (χ2n) is 4.75. The number of hydrogen-bond donors (Lipinski definition) is 2. The summed E-state index contributed by atoms with van der Waals surface area (Å²) < 4.78 is 5.55. The minimum Gasteiger partial charge on any atom is -0.491 e. The minimum absolute atomic E-state index is 0.325. The van der Waals surface area contributed by atoms with E-state index in [1.807, 2.05) is 43.0 Å². The first-order valence-corrected chi connectivity index (χ1v) is 8.15. The van der Waals surface area contributed by atoms with Crippen molar-refractivity contribution in [1.82, 2.24) is 5.32 Å². The molecule has 0 aromatic heterocycles. The van der Waals surface area contributed by atoms with E-state index >= 15 is 0 Å². The molecule has 0 bridgehead atoms. The Hall–Kier alpha value is -0.710. The van der Waals surface area contributed by atoms with Crippen molar-refractivity contribution in [3.05, 3.63) is 29.8 Å². The monoisotopic (exact) mass is 283 g/mol. The van der Waals surface area contributed by atoms with Crippen molar-refractivity contribution in [3.8, 4) is 5.75 Å². The topological polar surface area (TPSA) is 41.5 Å². The van der Waals surface area contributed by atoms with Crippen molar-refractivity contribution in [2.24, 2.45) is 0 Å². The Balaban J connectivity index is 2.23. The van der Waals surface area contributed by atoms with Gasteiger partial charge in [-0.3, -0.25) is 0 Å². The molecule has 2 N–H and O–H groups in total. The van der Waals surface area contributed by atoms with Crippen LogP contribution in [0.2, 0.25) is 0 Å². The fraction of sp³-hybridized carbons (Fsp3) is 0.600. The molecule has 0 spiro atoms. The molecule has 0 aliphatic carbocycles. The molecule has 0 amide bonds. The Kier molecular flexibility index (Phi) is 7.94. The van der Waals surface area contributed by atoms with Gasteiger partial charge in [0.2, 0.25) is 0 Å². The molecule has 1 aromatic rings. The fourth-order valence-corrected chi connectivity index (χ4v) is 2.47. The number of aryl methyl sites for hydroxylation is 1. The number of aliphatic hydroxyl groups is 1. The molecule has 19 heavy (non-hydrogen) atoms. The van der Waals surface area contributed by atoms with Crippen molar-refractivity contribution in [3.63, 3.8) is 0 Å². The quantitative estimate of drug-likeness (QED) is 0.730. The van der Waals surface area contributed by atoms with Gasteiger partial charge in [0.05, 0.1) is 0 Å². The van der Waals surface area contributed by atoms with Crippen molar-refractivity contribution < 1.29 is 9.84 Å². The zero-order valence-electron chi connectivity index (χ0n) is 12.1. The van der Waals surface area contributed by atoms with Crippen LogP contribution in [0.15, 0.2) is 24.3 Å². The lowest BCUT2D eigenvalue weighted by Gasteiger charge is -2.19. The van der Waals surface area contributed by atoms with Crippen molar-refractivity contribution in [1.29, 1.82) is 0 Å². The summed E-state index contributed by atoms with van der Waals surface area (Å²) in [7, 11) is 0. The number of ether oxygens (including phenoxy) is 1. The summed E-state index contributed by atoms with van der Waals surface area (Å²) in [4.78, 5) is 0. The van der Waals surface area contributed by atoms with Crippen LogP contribution in [0.3, 0.4) is 0 Å². The van der Waals surface area contributed by atoms with Crippen LogP contribution in [-0.2, 0) is 0 Å². The highest BCUT2D eigenvalue weighted by molar-refractivity contribution is 7.98. The van der Waals surface area contributed by atoms with E-state index in [0.29, 0.717) is 19.2 Å². The number of benzene rings is 1. The maximum Gasteiger partial charge on any atom is 0.119 e. The van der Waals surface area contributed by atoms with Crippen molar-refractivity contribution >= 4 is 11.8 Å². The normalized spacial score (nSPS) is 14.1. The van der Waals surface area contributed by atoms with E-state index in [1.54, 1.807) is 0 Å². The smallest absolute Gasteiger partial charge is 0.119 e. The van der Waals surface area contributed by atoms with Gasteiger partial charge in [0.15, 0.2) is 0 Å². The van der Waals surface area contributed by atoms with Gasteiger partial charge in [0.25, 0.3) is 0 Å². The summed E-state index contributed by atoms with van der Waals surface area (Å²) in [6.07, 6.45) is 2.70. The van der Waals surface area contributed by atoms with Gasteiger partial charge in [0.1, 0.15) is 18.5 Å². The van der Waals surface area contributed by atoms with E-state index < -0.39 is 6.10 Å². The van der Waals surface area contributed by atoms with Gasteiger partial charge in [-0.1, -0.05) is 24.6 Å². The lowest BCUT2D eigenvalue weighted by atomic mass is 10.2. The summed E-state index contributed by atoms with van der Waals surface area (Å²) in [5.41, 5.74) is 1.21. The lowest BCUT2D eigenvalue weighted by molar-refractivity contribution is 0.104. The largest absolute Gasteiger partial charge is 0.491 e. The van der Waals surface area contributed by atoms with Gasteiger partial charge in [-0.25, -0.2) is 0 Å². The summed E-state index contributed by atoms with van der Waals surface area (Å²) >= 11 is 1.82. The lowest BCUT2D eigenvalue weighted by Crippen LogP contribution is -2.39. The molecule has 2 atom stereocenters. The fourth-order valence-electron chi connectivity index (χ4n) is 1.71. The molecule has 2 unspecified atom stereocenters. The third-order valence-electron chi connectivity index (χ3n) is 2.97. The van der Waals surface area contributed by atoms with E-state index in [2.05, 4.69) is 18.5 Å². The van der Waals surface area contributed by atoms with E-state index in [-0.39, 0.29) is 0 Å². The SMILES string of the molecule is CCC(CSC)NCC(O)COc1ccc(C)cc1. The Morgan fingerprint density at radius 1 is 1.32 bits per heavy atom. The Bertz CT molecular complexity index is 343. The van der Waals surface area contributed by atoms with Crippen LogP contribution >= 0.6 is 11.8 Å². The molecular formula is C15H25NO2S. The molecule has 0 heterocycles. The third kappa shape index (κ3) is 6.85. The zero-order valence-corrected chi connectivity index (χ0v) is 12.9. The van der Waals surface area contributed by atoms with Crippen LogP contribution < -0.4 is 10.1 Å². The van der Waals surface area contributed by atoms with Crippen LogP contribution in [-0.4, -0.2) is 42.4 Å². The highest BCUT2D eigenvalue weighted by atomic mass is 32.2. The molecule has 0 aliphatic heterocycles. The Morgan fingerprint density at radius 3 is 2.58 bits per heavy atom. The molecule has 3 nitrogen and oxygen atoms in total. The molecule has 0 aliphatic rings. The summed E-state index contributed by atoms with van der Waals surface area (Å²) in [6.45, 7) is 5.10. The number of nitrogens with one attached hydrogen (secondary N) is 1. The van der Waals surface area contributed by atoms with Crippen LogP contribution in [0.4, 0.5) is 0 Å². The van der Waals surface area contributed by atoms with Gasteiger partial charge < -0.3 is 15.2 Å². The van der Waals surface area contributed by atoms with Gasteiger partial charge in [-0.15, -0.1) is 0 Å².